The van der Waals surface area contributed by atoms with Gasteiger partial charge in [-0.25, -0.2) is 0 Å². The third-order valence-electron chi connectivity index (χ3n) is 3.96. The number of rotatable bonds is 9. The molecule has 0 heterocycles. The minimum Gasteiger partial charge on any atom is -0.493 e. The fraction of sp³-hybridized carbons (Fsp3) is 0.333. The monoisotopic (exact) mass is 384 g/mol. The minimum absolute atomic E-state index is 0.276. The Kier molecular flexibility index (Phi) is 7.52. The standard InChI is InChI=1S/C21H24N2O5/c1-5-27-20-10-15(12-22)6-9-18(20)28-14(2)21(24)23-13-16-7-8-17(25-3)19(11-16)26-4/h6-11,14H,5,13H2,1-4H3,(H,23,24)/t14-/m1/s1. The molecule has 148 valence electrons. The first kappa shape index (κ1) is 20.9. The predicted molar refractivity (Wildman–Crippen MR) is 104 cm³/mol. The number of nitrogens with zero attached hydrogens (tertiary/aromatic N) is 1. The Morgan fingerprint density at radius 1 is 1.07 bits per heavy atom. The molecule has 7 heteroatoms. The third kappa shape index (κ3) is 5.30. The van der Waals surface area contributed by atoms with E-state index in [0.717, 1.165) is 5.56 Å². The van der Waals surface area contributed by atoms with Crippen molar-refractivity contribution in [1.29, 1.82) is 5.26 Å². The van der Waals surface area contributed by atoms with Crippen LogP contribution in [0.15, 0.2) is 36.4 Å². The van der Waals surface area contributed by atoms with Crippen LogP contribution in [0.1, 0.15) is 25.0 Å². The van der Waals surface area contributed by atoms with Gasteiger partial charge in [0.1, 0.15) is 0 Å². The molecule has 0 aliphatic heterocycles. The molecule has 0 aliphatic rings. The van der Waals surface area contributed by atoms with Gasteiger partial charge in [-0.1, -0.05) is 6.07 Å². The summed E-state index contributed by atoms with van der Waals surface area (Å²) in [7, 11) is 3.13. The van der Waals surface area contributed by atoms with Crippen LogP contribution in [-0.2, 0) is 11.3 Å². The van der Waals surface area contributed by atoms with E-state index in [1.807, 2.05) is 13.0 Å². The lowest BCUT2D eigenvalue weighted by molar-refractivity contribution is -0.127. The van der Waals surface area contributed by atoms with Crippen molar-refractivity contribution in [3.05, 3.63) is 47.5 Å². The van der Waals surface area contributed by atoms with Crippen LogP contribution < -0.4 is 24.3 Å². The van der Waals surface area contributed by atoms with Gasteiger partial charge in [0.15, 0.2) is 29.1 Å². The Balaban J connectivity index is 2.01. The average molecular weight is 384 g/mol. The molecule has 28 heavy (non-hydrogen) atoms. The van der Waals surface area contributed by atoms with Crippen LogP contribution in [0.2, 0.25) is 0 Å². The Morgan fingerprint density at radius 3 is 2.43 bits per heavy atom. The van der Waals surface area contributed by atoms with E-state index in [1.54, 1.807) is 51.5 Å². The number of hydrogen-bond acceptors (Lipinski definition) is 6. The van der Waals surface area contributed by atoms with Crippen LogP contribution in [-0.4, -0.2) is 32.8 Å². The number of nitrogens with one attached hydrogen (secondary N) is 1. The molecule has 2 aromatic rings. The van der Waals surface area contributed by atoms with Crippen molar-refractivity contribution in [2.24, 2.45) is 0 Å². The maximum absolute atomic E-state index is 12.4. The van der Waals surface area contributed by atoms with E-state index in [0.29, 0.717) is 41.7 Å². The van der Waals surface area contributed by atoms with Gasteiger partial charge in [0.2, 0.25) is 0 Å². The molecular weight excluding hydrogens is 360 g/mol. The molecule has 1 amide bonds. The first-order chi connectivity index (χ1) is 13.5. The number of benzene rings is 2. The van der Waals surface area contributed by atoms with Crippen LogP contribution in [0, 0.1) is 11.3 Å². The van der Waals surface area contributed by atoms with E-state index < -0.39 is 6.10 Å². The van der Waals surface area contributed by atoms with Crippen LogP contribution in [0.4, 0.5) is 0 Å². The van der Waals surface area contributed by atoms with E-state index >= 15 is 0 Å². The summed E-state index contributed by atoms with van der Waals surface area (Å²) >= 11 is 0. The SMILES string of the molecule is CCOc1cc(C#N)ccc1O[C@H](C)C(=O)NCc1ccc(OC)c(OC)c1. The van der Waals surface area contributed by atoms with Crippen molar-refractivity contribution in [3.8, 4) is 29.1 Å². The predicted octanol–water partition coefficient (Wildman–Crippen LogP) is 3.06. The van der Waals surface area contributed by atoms with Gasteiger partial charge in [-0.05, 0) is 43.7 Å². The summed E-state index contributed by atoms with van der Waals surface area (Å²) < 4.78 is 21.7. The van der Waals surface area contributed by atoms with E-state index in [9.17, 15) is 4.79 Å². The fourth-order valence-electron chi connectivity index (χ4n) is 2.51. The molecule has 2 aromatic carbocycles. The topological polar surface area (TPSA) is 89.8 Å². The van der Waals surface area contributed by atoms with Crippen molar-refractivity contribution in [2.45, 2.75) is 26.5 Å². The normalized spacial score (nSPS) is 11.1. The highest BCUT2D eigenvalue weighted by atomic mass is 16.5. The van der Waals surface area contributed by atoms with Gasteiger partial charge in [0, 0.05) is 12.6 Å². The quantitative estimate of drug-likeness (QED) is 0.715. The lowest BCUT2D eigenvalue weighted by atomic mass is 10.2. The molecule has 0 radical (unpaired) electrons. The Labute approximate surface area is 164 Å². The first-order valence-electron chi connectivity index (χ1n) is 8.84. The molecular formula is C21H24N2O5. The number of nitriles is 1. The number of carbonyl (C=O) groups is 1. The summed E-state index contributed by atoms with van der Waals surface area (Å²) in [4.78, 5) is 12.4. The maximum Gasteiger partial charge on any atom is 0.261 e. The average Bonchev–Trinajstić information content (AvgIpc) is 2.72. The summed E-state index contributed by atoms with van der Waals surface area (Å²) in [5.41, 5.74) is 1.33. The van der Waals surface area contributed by atoms with Crippen molar-refractivity contribution >= 4 is 5.91 Å². The summed E-state index contributed by atoms with van der Waals surface area (Å²) in [5.74, 6) is 1.79. The minimum atomic E-state index is -0.743. The number of carbonyl (C=O) groups excluding carboxylic acids is 1. The van der Waals surface area contributed by atoms with Crippen LogP contribution >= 0.6 is 0 Å². The molecule has 0 spiro atoms. The molecule has 1 N–H and O–H groups in total. The first-order valence-corrected chi connectivity index (χ1v) is 8.84. The van der Waals surface area contributed by atoms with Gasteiger partial charge in [-0.15, -0.1) is 0 Å². The lowest BCUT2D eigenvalue weighted by Crippen LogP contribution is -2.36. The van der Waals surface area contributed by atoms with E-state index in [1.165, 1.54) is 0 Å². The summed E-state index contributed by atoms with van der Waals surface area (Å²) in [6.07, 6.45) is -0.743. The molecule has 0 saturated heterocycles. The Morgan fingerprint density at radius 2 is 1.79 bits per heavy atom. The molecule has 0 fully saturated rings. The second-order valence-corrected chi connectivity index (χ2v) is 5.87. The largest absolute Gasteiger partial charge is 0.493 e. The van der Waals surface area contributed by atoms with Crippen LogP contribution in [0.25, 0.3) is 0 Å². The van der Waals surface area contributed by atoms with Gasteiger partial charge in [-0.2, -0.15) is 5.26 Å². The van der Waals surface area contributed by atoms with Gasteiger partial charge in [-0.3, -0.25) is 4.79 Å². The third-order valence-corrected chi connectivity index (χ3v) is 3.96. The number of amides is 1. The summed E-state index contributed by atoms with van der Waals surface area (Å²) in [5, 5.41) is 11.8. The van der Waals surface area contributed by atoms with Crippen LogP contribution in [0.5, 0.6) is 23.0 Å². The number of methoxy groups -OCH3 is 2. The molecule has 7 nitrogen and oxygen atoms in total. The molecule has 2 rings (SSSR count). The zero-order valence-electron chi connectivity index (χ0n) is 16.4. The molecule has 1 atom stereocenters. The maximum atomic E-state index is 12.4. The molecule has 0 aliphatic carbocycles. The van der Waals surface area contributed by atoms with Crippen LogP contribution in [0.3, 0.4) is 0 Å². The Bertz CT molecular complexity index is 860. The number of ether oxygens (including phenoxy) is 4. The molecule has 0 unspecified atom stereocenters. The smallest absolute Gasteiger partial charge is 0.261 e. The summed E-state index contributed by atoms with van der Waals surface area (Å²) in [6.45, 7) is 4.23. The second kappa shape index (κ2) is 10.1. The zero-order chi connectivity index (χ0) is 20.5. The highest BCUT2D eigenvalue weighted by Gasteiger charge is 2.17. The Hall–Kier alpha value is -3.40. The second-order valence-electron chi connectivity index (χ2n) is 5.87. The van der Waals surface area contributed by atoms with Crippen molar-refractivity contribution in [3.63, 3.8) is 0 Å². The van der Waals surface area contributed by atoms with Crippen molar-refractivity contribution < 1.29 is 23.7 Å². The van der Waals surface area contributed by atoms with E-state index in [-0.39, 0.29) is 5.91 Å². The van der Waals surface area contributed by atoms with Gasteiger partial charge in [0.25, 0.3) is 5.91 Å². The van der Waals surface area contributed by atoms with Crippen molar-refractivity contribution in [2.75, 3.05) is 20.8 Å². The molecule has 0 aromatic heterocycles. The van der Waals surface area contributed by atoms with Crippen molar-refractivity contribution in [1.82, 2.24) is 5.32 Å². The van der Waals surface area contributed by atoms with Gasteiger partial charge < -0.3 is 24.3 Å². The van der Waals surface area contributed by atoms with Gasteiger partial charge in [0.05, 0.1) is 32.5 Å². The van der Waals surface area contributed by atoms with Gasteiger partial charge >= 0.3 is 0 Å². The molecule has 0 saturated carbocycles. The molecule has 0 bridgehead atoms. The summed E-state index contributed by atoms with van der Waals surface area (Å²) in [6, 6.07) is 12.3. The van der Waals surface area contributed by atoms with E-state index in [4.69, 9.17) is 24.2 Å². The number of hydrogen-bond donors (Lipinski definition) is 1. The lowest BCUT2D eigenvalue weighted by Gasteiger charge is -2.17. The fourth-order valence-corrected chi connectivity index (χ4v) is 2.51. The highest BCUT2D eigenvalue weighted by Crippen LogP contribution is 2.29. The zero-order valence-corrected chi connectivity index (χ0v) is 16.4. The highest BCUT2D eigenvalue weighted by molar-refractivity contribution is 5.80. The van der Waals surface area contributed by atoms with E-state index in [2.05, 4.69) is 11.4 Å².